The van der Waals surface area contributed by atoms with E-state index in [1.165, 1.54) is 0 Å². The zero-order chi connectivity index (χ0) is 13.3. The largest absolute Gasteiger partial charge is 0.460 e. The number of ether oxygens (including phenoxy) is 2. The molecule has 0 aromatic heterocycles. The van der Waals surface area contributed by atoms with Crippen LogP contribution in [0.4, 0.5) is 0 Å². The van der Waals surface area contributed by atoms with Crippen LogP contribution in [-0.2, 0) is 19.1 Å². The van der Waals surface area contributed by atoms with Crippen LogP contribution >= 0.6 is 0 Å². The molecule has 0 fully saturated rings. The molecule has 0 bridgehead atoms. The third kappa shape index (κ3) is 11.0. The summed E-state index contributed by atoms with van der Waals surface area (Å²) in [6.07, 6.45) is 0.198. The van der Waals surface area contributed by atoms with Gasteiger partial charge in [-0.2, -0.15) is 0 Å². The normalized spacial score (nSPS) is 11.8. The minimum absolute atomic E-state index is 0.198. The fraction of sp³-hybridized carbons (Fsp3) is 0.818. The van der Waals surface area contributed by atoms with Gasteiger partial charge in [-0.15, -0.1) is 0 Å². The number of amides is 1. The van der Waals surface area contributed by atoms with Gasteiger partial charge in [-0.3, -0.25) is 9.59 Å². The minimum Gasteiger partial charge on any atom is -0.460 e. The summed E-state index contributed by atoms with van der Waals surface area (Å²) in [5.41, 5.74) is -0.473. The van der Waals surface area contributed by atoms with Crippen LogP contribution in [0.15, 0.2) is 0 Å². The van der Waals surface area contributed by atoms with E-state index in [1.54, 1.807) is 0 Å². The zero-order valence-corrected chi connectivity index (χ0v) is 10.2. The molecule has 94 valence electrons. The SMILES string of the molecule is [2H]CC(=O)NCCOCCC(=O)OC(C)(C)C. The number of esters is 1. The summed E-state index contributed by atoms with van der Waals surface area (Å²) in [4.78, 5) is 21.9. The van der Waals surface area contributed by atoms with Crippen molar-refractivity contribution in [3.8, 4) is 0 Å². The highest BCUT2D eigenvalue weighted by atomic mass is 16.6. The third-order valence-electron chi connectivity index (χ3n) is 1.44. The third-order valence-corrected chi connectivity index (χ3v) is 1.44. The first-order valence-electron chi connectivity index (χ1n) is 5.91. The topological polar surface area (TPSA) is 64.6 Å². The van der Waals surface area contributed by atoms with Gasteiger partial charge in [0.15, 0.2) is 0 Å². The maximum atomic E-state index is 11.2. The summed E-state index contributed by atoms with van der Waals surface area (Å²) in [6, 6.07) is 0. The van der Waals surface area contributed by atoms with E-state index in [4.69, 9.17) is 10.8 Å². The molecule has 1 amide bonds. The highest BCUT2D eigenvalue weighted by Gasteiger charge is 2.15. The smallest absolute Gasteiger partial charge is 0.308 e. The Morgan fingerprint density at radius 3 is 2.56 bits per heavy atom. The molecule has 0 aliphatic heterocycles. The van der Waals surface area contributed by atoms with Gasteiger partial charge in [0.25, 0.3) is 0 Å². The zero-order valence-electron chi connectivity index (χ0n) is 11.2. The van der Waals surface area contributed by atoms with E-state index in [0.29, 0.717) is 13.2 Å². The van der Waals surface area contributed by atoms with Gasteiger partial charge in [0, 0.05) is 14.8 Å². The lowest BCUT2D eigenvalue weighted by atomic mass is 10.2. The molecule has 0 aliphatic carbocycles. The van der Waals surface area contributed by atoms with Crippen molar-refractivity contribution in [1.82, 2.24) is 5.32 Å². The van der Waals surface area contributed by atoms with Crippen molar-refractivity contribution >= 4 is 11.9 Å². The number of hydrogen-bond donors (Lipinski definition) is 1. The van der Waals surface area contributed by atoms with Crippen molar-refractivity contribution in [3.05, 3.63) is 0 Å². The van der Waals surface area contributed by atoms with Crippen molar-refractivity contribution in [1.29, 1.82) is 0 Å². The molecule has 1 N–H and O–H groups in total. The molecule has 0 spiro atoms. The van der Waals surface area contributed by atoms with Gasteiger partial charge in [-0.1, -0.05) is 0 Å². The Bertz CT molecular complexity index is 250. The van der Waals surface area contributed by atoms with Gasteiger partial charge in [0.2, 0.25) is 5.91 Å². The number of rotatable bonds is 6. The molecule has 5 heteroatoms. The lowest BCUT2D eigenvalue weighted by molar-refractivity contribution is -0.156. The first kappa shape index (κ1) is 13.0. The van der Waals surface area contributed by atoms with Crippen molar-refractivity contribution < 1.29 is 20.4 Å². The molecule has 0 unspecified atom stereocenters. The highest BCUT2D eigenvalue weighted by molar-refractivity contribution is 5.72. The number of nitrogens with one attached hydrogen (secondary N) is 1. The standard InChI is InChI=1S/C11H21NO4/c1-9(13)12-6-8-15-7-5-10(14)16-11(2,3)4/h5-8H2,1-4H3,(H,12,13)/i1D. The van der Waals surface area contributed by atoms with Crippen molar-refractivity contribution in [3.63, 3.8) is 0 Å². The summed E-state index contributed by atoms with van der Waals surface area (Å²) in [7, 11) is 0. The molecule has 0 heterocycles. The molecule has 16 heavy (non-hydrogen) atoms. The molecular formula is C11H21NO4. The van der Waals surface area contributed by atoms with Crippen LogP contribution in [0.1, 0.15) is 35.5 Å². The molecule has 0 saturated carbocycles. The molecule has 0 aromatic carbocycles. The van der Waals surface area contributed by atoms with Gasteiger partial charge in [0.1, 0.15) is 5.60 Å². The Morgan fingerprint density at radius 1 is 1.31 bits per heavy atom. The monoisotopic (exact) mass is 232 g/mol. The van der Waals surface area contributed by atoms with Gasteiger partial charge < -0.3 is 14.8 Å². The van der Waals surface area contributed by atoms with E-state index in [2.05, 4.69) is 5.32 Å². The van der Waals surface area contributed by atoms with Crippen molar-refractivity contribution in [2.24, 2.45) is 0 Å². The minimum atomic E-state index is -0.473. The van der Waals surface area contributed by atoms with E-state index >= 15 is 0 Å². The fourth-order valence-corrected chi connectivity index (χ4v) is 0.913. The van der Waals surface area contributed by atoms with Gasteiger partial charge in [-0.05, 0) is 20.8 Å². The van der Waals surface area contributed by atoms with E-state index in [0.717, 1.165) is 0 Å². The number of carbonyl (C=O) groups is 2. The molecule has 0 radical (unpaired) electrons. The Balaban J connectivity index is 3.40. The van der Waals surface area contributed by atoms with Crippen LogP contribution in [0.5, 0.6) is 0 Å². The predicted octanol–water partition coefficient (Wildman–Crippen LogP) is 0.871. The quantitative estimate of drug-likeness (QED) is 0.545. The van der Waals surface area contributed by atoms with Gasteiger partial charge in [-0.25, -0.2) is 0 Å². The van der Waals surface area contributed by atoms with E-state index in [9.17, 15) is 9.59 Å². The second-order valence-corrected chi connectivity index (χ2v) is 4.30. The number of carbonyl (C=O) groups excluding carboxylic acids is 2. The van der Waals surface area contributed by atoms with Crippen molar-refractivity contribution in [2.75, 3.05) is 19.8 Å². The van der Waals surface area contributed by atoms with Crippen LogP contribution in [0.25, 0.3) is 0 Å². The van der Waals surface area contributed by atoms with E-state index in [-0.39, 0.29) is 31.8 Å². The molecule has 0 atom stereocenters. The molecule has 5 nitrogen and oxygen atoms in total. The summed E-state index contributed by atoms with van der Waals surface area (Å²) in [6.45, 7) is 6.09. The van der Waals surface area contributed by atoms with Crippen LogP contribution in [-0.4, -0.2) is 37.2 Å². The first-order chi connectivity index (χ1) is 7.85. The molecule has 0 aromatic rings. The fourth-order valence-electron chi connectivity index (χ4n) is 0.913. The maximum Gasteiger partial charge on any atom is 0.308 e. The molecule has 0 saturated heterocycles. The lowest BCUT2D eigenvalue weighted by Crippen LogP contribution is -2.26. The van der Waals surface area contributed by atoms with E-state index in [1.807, 2.05) is 20.8 Å². The Kier molecular flexibility index (Phi) is 5.85. The second-order valence-electron chi connectivity index (χ2n) is 4.30. The Labute approximate surface area is 97.9 Å². The summed E-state index contributed by atoms with van der Waals surface area (Å²) in [5, 5.41) is 2.49. The van der Waals surface area contributed by atoms with Crippen LogP contribution in [0, 0.1) is 0 Å². The van der Waals surface area contributed by atoms with Crippen molar-refractivity contribution in [2.45, 2.75) is 39.7 Å². The average molecular weight is 232 g/mol. The Morgan fingerprint density at radius 2 is 2.00 bits per heavy atom. The molecule has 0 aliphatic rings. The Hall–Kier alpha value is -1.10. The molecule has 0 rings (SSSR count). The summed E-state index contributed by atoms with van der Waals surface area (Å²) >= 11 is 0. The maximum absolute atomic E-state index is 11.2. The van der Waals surface area contributed by atoms with Crippen LogP contribution in [0.2, 0.25) is 0 Å². The van der Waals surface area contributed by atoms with Gasteiger partial charge >= 0.3 is 5.97 Å². The predicted molar refractivity (Wildman–Crippen MR) is 60.0 cm³/mol. The van der Waals surface area contributed by atoms with Crippen LogP contribution in [0.3, 0.4) is 0 Å². The molecular weight excluding hydrogens is 210 g/mol. The summed E-state index contributed by atoms with van der Waals surface area (Å²) in [5.74, 6) is -0.631. The highest BCUT2D eigenvalue weighted by Crippen LogP contribution is 2.07. The average Bonchev–Trinajstić information content (AvgIpc) is 2.20. The van der Waals surface area contributed by atoms with E-state index < -0.39 is 5.60 Å². The van der Waals surface area contributed by atoms with Gasteiger partial charge in [0.05, 0.1) is 19.6 Å². The number of hydrogen-bond acceptors (Lipinski definition) is 4. The lowest BCUT2D eigenvalue weighted by Gasteiger charge is -2.19. The first-order valence-corrected chi connectivity index (χ1v) is 5.20. The second kappa shape index (κ2) is 7.22. The van der Waals surface area contributed by atoms with Crippen LogP contribution < -0.4 is 5.32 Å². The summed E-state index contributed by atoms with van der Waals surface area (Å²) < 4.78 is 17.0.